The number of sulfonamides is 1. The monoisotopic (exact) mass is 585 g/mol. The lowest BCUT2D eigenvalue weighted by Crippen LogP contribution is -2.51. The van der Waals surface area contributed by atoms with E-state index in [1.165, 1.54) is 21.3 Å². The summed E-state index contributed by atoms with van der Waals surface area (Å²) in [5.41, 5.74) is -0.000370. The molecule has 1 aliphatic carbocycles. The number of halogens is 4. The number of carbonyl (C=O) groups is 1. The summed E-state index contributed by atoms with van der Waals surface area (Å²) in [6.07, 6.45) is 1.21. The fraction of sp³-hybridized carbons (Fsp3) is 0.375. The number of nitrogens with zero attached hydrogens (tertiary/aromatic N) is 4. The van der Waals surface area contributed by atoms with Gasteiger partial charge < -0.3 is 14.7 Å². The van der Waals surface area contributed by atoms with Crippen molar-refractivity contribution in [3.05, 3.63) is 63.4 Å². The van der Waals surface area contributed by atoms with Crippen molar-refractivity contribution < 1.29 is 26.5 Å². The van der Waals surface area contributed by atoms with Crippen LogP contribution in [0.15, 0.2) is 34.9 Å². The van der Waals surface area contributed by atoms with Gasteiger partial charge in [-0.25, -0.2) is 22.0 Å². The summed E-state index contributed by atoms with van der Waals surface area (Å²) >= 11 is 13.2. The quantitative estimate of drug-likeness (QED) is 0.440. The SMILES string of the molecule is CCS(=O)(=O)N1CCN(C(=O)Nc2cc(Cl)c(C3(c4noc(-c5cccc(F)c5F)n4)CC3)c(Cl)c2)CC1. The smallest absolute Gasteiger partial charge is 0.321 e. The van der Waals surface area contributed by atoms with E-state index in [4.69, 9.17) is 27.7 Å². The molecule has 0 spiro atoms. The second-order valence-electron chi connectivity index (χ2n) is 9.14. The van der Waals surface area contributed by atoms with Gasteiger partial charge in [-0.05, 0) is 44.0 Å². The molecule has 1 aliphatic heterocycles. The zero-order valence-electron chi connectivity index (χ0n) is 20.2. The number of urea groups is 1. The first-order valence-electron chi connectivity index (χ1n) is 11.9. The first-order chi connectivity index (χ1) is 18.1. The van der Waals surface area contributed by atoms with Gasteiger partial charge in [0.05, 0.1) is 16.7 Å². The summed E-state index contributed by atoms with van der Waals surface area (Å²) in [5.74, 6) is -2.02. The minimum atomic E-state index is -3.31. The van der Waals surface area contributed by atoms with Crippen LogP contribution in [0.2, 0.25) is 10.0 Å². The Balaban J connectivity index is 1.33. The van der Waals surface area contributed by atoms with Crippen molar-refractivity contribution in [3.8, 4) is 11.5 Å². The van der Waals surface area contributed by atoms with Crippen molar-refractivity contribution in [3.63, 3.8) is 0 Å². The molecule has 5 rings (SSSR count). The first kappa shape index (κ1) is 26.8. The molecule has 0 unspecified atom stereocenters. The molecule has 9 nitrogen and oxygen atoms in total. The maximum Gasteiger partial charge on any atom is 0.321 e. The summed E-state index contributed by atoms with van der Waals surface area (Å²) in [5, 5.41) is 7.30. The minimum absolute atomic E-state index is 0.0108. The Bertz CT molecular complexity index is 1480. The zero-order valence-corrected chi connectivity index (χ0v) is 22.5. The molecule has 2 heterocycles. The largest absolute Gasteiger partial charge is 0.334 e. The third-order valence-corrected chi connectivity index (χ3v) is 9.32. The van der Waals surface area contributed by atoms with Gasteiger partial charge in [-0.3, -0.25) is 0 Å². The number of hydrogen-bond donors (Lipinski definition) is 1. The molecule has 1 saturated heterocycles. The molecule has 2 fully saturated rings. The molecular weight excluding hydrogens is 563 g/mol. The maximum absolute atomic E-state index is 14.2. The van der Waals surface area contributed by atoms with Gasteiger partial charge >= 0.3 is 6.03 Å². The second-order valence-corrected chi connectivity index (χ2v) is 12.2. The lowest BCUT2D eigenvalue weighted by atomic mass is 9.94. The van der Waals surface area contributed by atoms with Crippen LogP contribution >= 0.6 is 23.2 Å². The molecule has 2 amide bonds. The summed E-state index contributed by atoms with van der Waals surface area (Å²) < 4.78 is 58.6. The molecule has 2 aliphatic rings. The fourth-order valence-corrected chi connectivity index (χ4v) is 6.50. The van der Waals surface area contributed by atoms with Crippen LogP contribution in [0.3, 0.4) is 0 Å². The first-order valence-corrected chi connectivity index (χ1v) is 14.2. The molecular formula is C24H23Cl2F2N5O4S. The van der Waals surface area contributed by atoms with Gasteiger partial charge in [0.1, 0.15) is 0 Å². The Labute approximate surface area is 227 Å². The van der Waals surface area contributed by atoms with Crippen molar-refractivity contribution in [1.29, 1.82) is 0 Å². The minimum Gasteiger partial charge on any atom is -0.334 e. The predicted molar refractivity (Wildman–Crippen MR) is 138 cm³/mol. The Morgan fingerprint density at radius 3 is 2.39 bits per heavy atom. The van der Waals surface area contributed by atoms with E-state index in [1.54, 1.807) is 19.1 Å². The third kappa shape index (κ3) is 4.86. The Kier molecular flexibility index (Phi) is 7.10. The number of benzene rings is 2. The number of piperazine rings is 1. The molecule has 1 aromatic heterocycles. The number of nitrogens with one attached hydrogen (secondary N) is 1. The van der Waals surface area contributed by atoms with E-state index in [9.17, 15) is 22.0 Å². The van der Waals surface area contributed by atoms with Gasteiger partial charge in [0, 0.05) is 47.5 Å². The third-order valence-electron chi connectivity index (χ3n) is 6.84. The van der Waals surface area contributed by atoms with Crippen molar-refractivity contribution in [2.45, 2.75) is 25.2 Å². The van der Waals surface area contributed by atoms with Gasteiger partial charge in [0.25, 0.3) is 5.89 Å². The number of hydrogen-bond acceptors (Lipinski definition) is 6. The van der Waals surface area contributed by atoms with E-state index in [-0.39, 0.29) is 59.3 Å². The fourth-order valence-electron chi connectivity index (χ4n) is 4.56. The van der Waals surface area contributed by atoms with E-state index in [0.717, 1.165) is 6.07 Å². The maximum atomic E-state index is 14.2. The van der Waals surface area contributed by atoms with Crippen molar-refractivity contribution in [1.82, 2.24) is 19.3 Å². The average molecular weight is 586 g/mol. The highest BCUT2D eigenvalue weighted by atomic mass is 35.5. The van der Waals surface area contributed by atoms with Crippen LogP contribution in [0.25, 0.3) is 11.5 Å². The molecule has 14 heteroatoms. The Morgan fingerprint density at radius 2 is 1.79 bits per heavy atom. The van der Waals surface area contributed by atoms with Crippen molar-refractivity contribution >= 4 is 44.9 Å². The zero-order chi connectivity index (χ0) is 27.2. The number of carbonyl (C=O) groups excluding carboxylic acids is 1. The Hall–Kier alpha value is -2.80. The molecule has 38 heavy (non-hydrogen) atoms. The standard InChI is InChI=1S/C24H23Cl2F2N5O4S/c1-2-38(35,36)33-10-8-32(9-11-33)23(34)29-14-12-16(25)19(17(26)13-14)24(6-7-24)22-30-21(37-31-22)15-4-3-5-18(27)20(15)28/h3-5,12-13H,2,6-11H2,1H3,(H,29,34). The second kappa shape index (κ2) is 10.1. The molecule has 0 atom stereocenters. The highest BCUT2D eigenvalue weighted by Crippen LogP contribution is 2.57. The van der Waals surface area contributed by atoms with Gasteiger partial charge in [0.2, 0.25) is 10.0 Å². The molecule has 1 saturated carbocycles. The van der Waals surface area contributed by atoms with Gasteiger partial charge in [0.15, 0.2) is 17.5 Å². The number of anilines is 1. The van der Waals surface area contributed by atoms with E-state index < -0.39 is 33.1 Å². The van der Waals surface area contributed by atoms with E-state index in [1.807, 2.05) is 0 Å². The number of aromatic nitrogens is 2. The van der Waals surface area contributed by atoms with Crippen LogP contribution in [-0.4, -0.2) is 65.7 Å². The highest BCUT2D eigenvalue weighted by Gasteiger charge is 2.52. The van der Waals surface area contributed by atoms with E-state index in [0.29, 0.717) is 24.1 Å². The molecule has 2 aromatic carbocycles. The van der Waals surface area contributed by atoms with Gasteiger partial charge in [-0.2, -0.15) is 9.29 Å². The van der Waals surface area contributed by atoms with Crippen LogP contribution in [-0.2, 0) is 15.4 Å². The van der Waals surface area contributed by atoms with Gasteiger partial charge in [-0.1, -0.05) is 34.4 Å². The normalized spacial score (nSPS) is 17.4. The molecule has 3 aromatic rings. The summed E-state index contributed by atoms with van der Waals surface area (Å²) in [7, 11) is -3.31. The number of amides is 2. The van der Waals surface area contributed by atoms with Crippen LogP contribution < -0.4 is 5.32 Å². The van der Waals surface area contributed by atoms with Crippen LogP contribution in [0.5, 0.6) is 0 Å². The summed E-state index contributed by atoms with van der Waals surface area (Å²) in [6.45, 7) is 2.52. The Morgan fingerprint density at radius 1 is 1.13 bits per heavy atom. The lowest BCUT2D eigenvalue weighted by molar-refractivity contribution is 0.184. The van der Waals surface area contributed by atoms with E-state index in [2.05, 4.69) is 15.5 Å². The molecule has 1 N–H and O–H groups in total. The molecule has 0 radical (unpaired) electrons. The molecule has 202 valence electrons. The topological polar surface area (TPSA) is 109 Å². The predicted octanol–water partition coefficient (Wildman–Crippen LogP) is 4.90. The van der Waals surface area contributed by atoms with Crippen molar-refractivity contribution in [2.24, 2.45) is 0 Å². The average Bonchev–Trinajstić information content (AvgIpc) is 3.52. The summed E-state index contributed by atoms with van der Waals surface area (Å²) in [6, 6.07) is 6.40. The highest BCUT2D eigenvalue weighted by molar-refractivity contribution is 7.89. The lowest BCUT2D eigenvalue weighted by Gasteiger charge is -2.33. The van der Waals surface area contributed by atoms with Crippen LogP contribution in [0.1, 0.15) is 31.2 Å². The van der Waals surface area contributed by atoms with E-state index >= 15 is 0 Å². The summed E-state index contributed by atoms with van der Waals surface area (Å²) in [4.78, 5) is 18.6. The molecule has 0 bridgehead atoms. The number of rotatable bonds is 6. The van der Waals surface area contributed by atoms with Crippen LogP contribution in [0, 0.1) is 11.6 Å². The van der Waals surface area contributed by atoms with Gasteiger partial charge in [-0.15, -0.1) is 0 Å². The van der Waals surface area contributed by atoms with Crippen LogP contribution in [0.4, 0.5) is 19.3 Å². The van der Waals surface area contributed by atoms with Crippen molar-refractivity contribution in [2.75, 3.05) is 37.2 Å².